The molecule has 0 saturated heterocycles. The van der Waals surface area contributed by atoms with Crippen LogP contribution < -0.4 is 4.74 Å². The number of ketones is 1. The summed E-state index contributed by atoms with van der Waals surface area (Å²) in [7, 11) is 1.43. The third-order valence-corrected chi connectivity index (χ3v) is 2.38. The van der Waals surface area contributed by atoms with Crippen LogP contribution in [0.2, 0.25) is 0 Å². The van der Waals surface area contributed by atoms with Crippen LogP contribution in [0.25, 0.3) is 6.08 Å². The normalized spacial score (nSPS) is 10.7. The highest BCUT2D eigenvalue weighted by Gasteiger charge is 2.07. The molecule has 0 aliphatic rings. The van der Waals surface area contributed by atoms with E-state index in [9.17, 15) is 9.90 Å². The number of phenolic OH excluding ortho intramolecular Hbond substituents is 1. The van der Waals surface area contributed by atoms with Gasteiger partial charge >= 0.3 is 0 Å². The quantitative estimate of drug-likeness (QED) is 0.637. The molecule has 0 spiro atoms. The number of aromatic amines is 1. The molecule has 2 rings (SSSR count). The van der Waals surface area contributed by atoms with Crippen molar-refractivity contribution in [2.24, 2.45) is 0 Å². The number of nitrogens with one attached hydrogen (secondary N) is 1. The summed E-state index contributed by atoms with van der Waals surface area (Å²) in [5.74, 6) is 0.690. The van der Waals surface area contributed by atoms with Gasteiger partial charge in [-0.1, -0.05) is 0 Å². The molecular weight excluding hydrogens is 232 g/mol. The lowest BCUT2D eigenvalue weighted by Gasteiger charge is -2.04. The smallest absolute Gasteiger partial charge is 0.186 e. The number of benzene rings is 1. The van der Waals surface area contributed by atoms with Crippen LogP contribution in [0.5, 0.6) is 11.5 Å². The molecule has 1 aromatic carbocycles. The fourth-order valence-electron chi connectivity index (χ4n) is 1.45. The molecule has 0 fully saturated rings. The number of ether oxygens (including phenoxy) is 1. The molecule has 0 amide bonds. The van der Waals surface area contributed by atoms with Gasteiger partial charge in [-0.15, -0.1) is 0 Å². The van der Waals surface area contributed by atoms with E-state index in [1.54, 1.807) is 18.5 Å². The lowest BCUT2D eigenvalue weighted by Crippen LogP contribution is -1.95. The highest BCUT2D eigenvalue weighted by Crippen LogP contribution is 2.26. The standard InChI is InChI=1S/C13H12N2O3/c1-18-12-8-9(2-3-11(12)17)10(16)4-5-13-14-6-7-15-13/h2-8,17H,1H3,(H,14,15)/b5-4+. The maximum atomic E-state index is 11.9. The first-order valence-corrected chi connectivity index (χ1v) is 5.29. The molecule has 0 bridgehead atoms. The van der Waals surface area contributed by atoms with Crippen LogP contribution in [-0.2, 0) is 0 Å². The van der Waals surface area contributed by atoms with Gasteiger partial charge in [-0.05, 0) is 30.4 Å². The van der Waals surface area contributed by atoms with Gasteiger partial charge in [0.2, 0.25) is 0 Å². The van der Waals surface area contributed by atoms with E-state index in [0.717, 1.165) is 0 Å². The number of hydrogen-bond acceptors (Lipinski definition) is 4. The number of aromatic nitrogens is 2. The second-order valence-electron chi connectivity index (χ2n) is 3.56. The van der Waals surface area contributed by atoms with Gasteiger partial charge in [-0.3, -0.25) is 4.79 Å². The van der Waals surface area contributed by atoms with Gasteiger partial charge in [-0.2, -0.15) is 0 Å². The fraction of sp³-hybridized carbons (Fsp3) is 0.0769. The Kier molecular flexibility index (Phi) is 3.43. The topological polar surface area (TPSA) is 75.2 Å². The van der Waals surface area contributed by atoms with E-state index < -0.39 is 0 Å². The average Bonchev–Trinajstić information content (AvgIpc) is 2.89. The Hall–Kier alpha value is -2.56. The maximum Gasteiger partial charge on any atom is 0.186 e. The number of phenols is 1. The summed E-state index contributed by atoms with van der Waals surface area (Å²) in [6.45, 7) is 0. The Morgan fingerprint density at radius 1 is 1.50 bits per heavy atom. The van der Waals surface area contributed by atoms with Gasteiger partial charge in [0.1, 0.15) is 5.82 Å². The number of H-pyrrole nitrogens is 1. The Morgan fingerprint density at radius 3 is 3.00 bits per heavy atom. The molecule has 1 heterocycles. The summed E-state index contributed by atoms with van der Waals surface area (Å²) in [5.41, 5.74) is 0.437. The third-order valence-electron chi connectivity index (χ3n) is 2.38. The second kappa shape index (κ2) is 5.18. The van der Waals surface area contributed by atoms with Crippen LogP contribution in [0.15, 0.2) is 36.7 Å². The highest BCUT2D eigenvalue weighted by atomic mass is 16.5. The molecular formula is C13H12N2O3. The molecule has 1 aromatic heterocycles. The van der Waals surface area contributed by atoms with E-state index in [1.807, 2.05) is 0 Å². The zero-order chi connectivity index (χ0) is 13.0. The summed E-state index contributed by atoms with van der Waals surface area (Å²) in [5, 5.41) is 9.43. The molecule has 0 radical (unpaired) electrons. The molecule has 2 N–H and O–H groups in total. The summed E-state index contributed by atoms with van der Waals surface area (Å²) in [6.07, 6.45) is 6.27. The Bertz CT molecular complexity index is 574. The minimum atomic E-state index is -0.190. The van der Waals surface area contributed by atoms with Crippen LogP contribution in [-0.4, -0.2) is 28.0 Å². The first-order chi connectivity index (χ1) is 8.70. The van der Waals surface area contributed by atoms with Gasteiger partial charge in [0.15, 0.2) is 17.3 Å². The largest absolute Gasteiger partial charge is 0.504 e. The predicted octanol–water partition coefficient (Wildman–Crippen LogP) is 2.02. The number of rotatable bonds is 4. The molecule has 5 nitrogen and oxygen atoms in total. The van der Waals surface area contributed by atoms with Crippen LogP contribution in [0.1, 0.15) is 16.2 Å². The lowest BCUT2D eigenvalue weighted by molar-refractivity contribution is 0.104. The number of allylic oxidation sites excluding steroid dienone is 1. The zero-order valence-electron chi connectivity index (χ0n) is 9.75. The molecule has 0 aliphatic heterocycles. The van der Waals surface area contributed by atoms with Crippen molar-refractivity contribution in [2.45, 2.75) is 0 Å². The average molecular weight is 244 g/mol. The van der Waals surface area contributed by atoms with Crippen molar-refractivity contribution in [3.8, 4) is 11.5 Å². The minimum absolute atomic E-state index is 0.00376. The van der Waals surface area contributed by atoms with E-state index in [1.165, 1.54) is 31.4 Å². The van der Waals surface area contributed by atoms with E-state index in [2.05, 4.69) is 9.97 Å². The van der Waals surface area contributed by atoms with Gasteiger partial charge in [0, 0.05) is 18.0 Å². The molecule has 0 saturated carbocycles. The number of carbonyl (C=O) groups is 1. The molecule has 2 aromatic rings. The lowest BCUT2D eigenvalue weighted by atomic mass is 10.1. The van der Waals surface area contributed by atoms with Crippen LogP contribution in [0.4, 0.5) is 0 Å². The Morgan fingerprint density at radius 2 is 2.33 bits per heavy atom. The van der Waals surface area contributed by atoms with Crippen molar-refractivity contribution in [1.29, 1.82) is 0 Å². The Balaban J connectivity index is 2.19. The minimum Gasteiger partial charge on any atom is -0.504 e. The first kappa shape index (κ1) is 11.9. The summed E-state index contributed by atoms with van der Waals surface area (Å²) >= 11 is 0. The number of imidazole rings is 1. The van der Waals surface area contributed by atoms with Crippen molar-refractivity contribution in [3.63, 3.8) is 0 Å². The van der Waals surface area contributed by atoms with Crippen LogP contribution in [0.3, 0.4) is 0 Å². The fourth-order valence-corrected chi connectivity index (χ4v) is 1.45. The highest BCUT2D eigenvalue weighted by molar-refractivity contribution is 6.07. The molecule has 5 heteroatoms. The number of aromatic hydroxyl groups is 1. The van der Waals surface area contributed by atoms with Gasteiger partial charge in [0.25, 0.3) is 0 Å². The monoisotopic (exact) mass is 244 g/mol. The number of methoxy groups -OCH3 is 1. The molecule has 18 heavy (non-hydrogen) atoms. The predicted molar refractivity (Wildman–Crippen MR) is 66.6 cm³/mol. The van der Waals surface area contributed by atoms with Crippen LogP contribution in [0, 0.1) is 0 Å². The van der Waals surface area contributed by atoms with Crippen molar-refractivity contribution in [3.05, 3.63) is 48.1 Å². The van der Waals surface area contributed by atoms with Crippen molar-refractivity contribution >= 4 is 11.9 Å². The summed E-state index contributed by atoms with van der Waals surface area (Å²) in [6, 6.07) is 4.45. The maximum absolute atomic E-state index is 11.9. The van der Waals surface area contributed by atoms with E-state index in [4.69, 9.17) is 4.74 Å². The van der Waals surface area contributed by atoms with E-state index in [0.29, 0.717) is 11.4 Å². The Labute approximate surface area is 104 Å². The first-order valence-electron chi connectivity index (χ1n) is 5.29. The summed E-state index contributed by atoms with van der Waals surface area (Å²) < 4.78 is 4.94. The zero-order valence-corrected chi connectivity index (χ0v) is 9.75. The van der Waals surface area contributed by atoms with Gasteiger partial charge in [-0.25, -0.2) is 4.98 Å². The number of nitrogens with zero attached hydrogens (tertiary/aromatic N) is 1. The molecule has 0 aliphatic carbocycles. The number of hydrogen-bond donors (Lipinski definition) is 2. The van der Waals surface area contributed by atoms with Gasteiger partial charge in [0.05, 0.1) is 7.11 Å². The van der Waals surface area contributed by atoms with Crippen molar-refractivity contribution < 1.29 is 14.6 Å². The molecule has 0 unspecified atom stereocenters. The molecule has 0 atom stereocenters. The van der Waals surface area contributed by atoms with Crippen molar-refractivity contribution in [1.82, 2.24) is 9.97 Å². The number of carbonyl (C=O) groups excluding carboxylic acids is 1. The van der Waals surface area contributed by atoms with Crippen LogP contribution >= 0.6 is 0 Å². The van der Waals surface area contributed by atoms with E-state index in [-0.39, 0.29) is 17.3 Å². The molecule has 92 valence electrons. The summed E-state index contributed by atoms with van der Waals surface area (Å²) in [4.78, 5) is 18.7. The third kappa shape index (κ3) is 2.57. The van der Waals surface area contributed by atoms with E-state index >= 15 is 0 Å². The second-order valence-corrected chi connectivity index (χ2v) is 3.56. The van der Waals surface area contributed by atoms with Gasteiger partial charge < -0.3 is 14.8 Å². The van der Waals surface area contributed by atoms with Crippen molar-refractivity contribution in [2.75, 3.05) is 7.11 Å². The SMILES string of the molecule is COc1cc(C(=O)/C=C/c2ncc[nH]2)ccc1O.